The van der Waals surface area contributed by atoms with Crippen molar-refractivity contribution in [1.82, 2.24) is 4.90 Å². The molecule has 23 heavy (non-hydrogen) atoms. The second-order valence-corrected chi connectivity index (χ2v) is 4.61. The molecule has 1 aromatic rings. The second-order valence-electron chi connectivity index (χ2n) is 4.61. The maximum absolute atomic E-state index is 12.5. The zero-order valence-corrected chi connectivity index (χ0v) is 12.4. The molecule has 0 aliphatic heterocycles. The molecule has 0 spiro atoms. The number of hydrogen-bond acceptors (Lipinski definition) is 5. The molecule has 0 saturated carbocycles. The van der Waals surface area contributed by atoms with Crippen molar-refractivity contribution in [2.75, 3.05) is 14.2 Å². The van der Waals surface area contributed by atoms with E-state index in [1.54, 1.807) is 0 Å². The quantitative estimate of drug-likeness (QED) is 0.479. The summed E-state index contributed by atoms with van der Waals surface area (Å²) in [7, 11) is 1.97. The fraction of sp³-hybridized carbons (Fsp3) is 0.385. The minimum Gasteiger partial charge on any atom is -0.465 e. The van der Waals surface area contributed by atoms with Gasteiger partial charge in [0.2, 0.25) is 0 Å². The largest absolute Gasteiger partial charge is 0.471 e. The third kappa shape index (κ3) is 3.96. The summed E-state index contributed by atoms with van der Waals surface area (Å²) in [4.78, 5) is 33.2. The monoisotopic (exact) mass is 334 g/mol. The molecule has 0 bridgehead atoms. The summed E-state index contributed by atoms with van der Waals surface area (Å²) in [6.45, 7) is 1.21. The molecule has 0 unspecified atom stereocenters. The van der Waals surface area contributed by atoms with E-state index in [-0.39, 0.29) is 11.1 Å². The molecule has 1 rings (SSSR count). The minimum atomic E-state index is -5.09. The Bertz CT molecular complexity index is 645. The van der Waals surface area contributed by atoms with Crippen LogP contribution < -0.4 is 0 Å². The molecular formula is C13H13F3N2O5. The van der Waals surface area contributed by atoms with Crippen molar-refractivity contribution in [3.05, 3.63) is 39.4 Å². The van der Waals surface area contributed by atoms with Gasteiger partial charge in [-0.1, -0.05) is 0 Å². The van der Waals surface area contributed by atoms with Crippen molar-refractivity contribution in [2.45, 2.75) is 19.1 Å². The number of amides is 1. The number of hydrogen-bond donors (Lipinski definition) is 0. The fourth-order valence-corrected chi connectivity index (χ4v) is 1.88. The molecular weight excluding hydrogens is 321 g/mol. The third-order valence-electron chi connectivity index (χ3n) is 3.24. The van der Waals surface area contributed by atoms with Gasteiger partial charge >= 0.3 is 18.1 Å². The Morgan fingerprint density at radius 3 is 2.35 bits per heavy atom. The van der Waals surface area contributed by atoms with Gasteiger partial charge in [0, 0.05) is 13.1 Å². The average Bonchev–Trinajstić information content (AvgIpc) is 2.50. The summed E-state index contributed by atoms with van der Waals surface area (Å²) in [5, 5.41) is 11.1. The van der Waals surface area contributed by atoms with Gasteiger partial charge in [0.25, 0.3) is 5.69 Å². The van der Waals surface area contributed by atoms with E-state index in [0.717, 1.165) is 26.3 Å². The van der Waals surface area contributed by atoms with Crippen molar-refractivity contribution >= 4 is 17.6 Å². The van der Waals surface area contributed by atoms with Crippen molar-refractivity contribution in [3.63, 3.8) is 0 Å². The molecule has 0 heterocycles. The predicted octanol–water partition coefficient (Wildman–Crippen LogP) is 2.46. The van der Waals surface area contributed by atoms with Crippen LogP contribution >= 0.6 is 0 Å². The molecule has 0 saturated heterocycles. The lowest BCUT2D eigenvalue weighted by Crippen LogP contribution is -2.40. The summed E-state index contributed by atoms with van der Waals surface area (Å²) < 4.78 is 41.8. The van der Waals surface area contributed by atoms with Crippen LogP contribution in [0.5, 0.6) is 0 Å². The maximum atomic E-state index is 12.5. The van der Waals surface area contributed by atoms with E-state index >= 15 is 0 Å². The number of carbonyl (C=O) groups is 2. The predicted molar refractivity (Wildman–Crippen MR) is 71.7 cm³/mol. The third-order valence-corrected chi connectivity index (χ3v) is 3.24. The highest BCUT2D eigenvalue weighted by Gasteiger charge is 2.43. The number of rotatable bonds is 4. The summed E-state index contributed by atoms with van der Waals surface area (Å²) >= 11 is 0. The van der Waals surface area contributed by atoms with E-state index < -0.39 is 34.7 Å². The lowest BCUT2D eigenvalue weighted by atomic mass is 10.0. The number of nitrogens with zero attached hydrogens (tertiary/aromatic N) is 2. The van der Waals surface area contributed by atoms with E-state index in [1.165, 1.54) is 13.0 Å². The van der Waals surface area contributed by atoms with Crippen LogP contribution in [0.1, 0.15) is 28.9 Å². The number of ether oxygens (including phenoxy) is 1. The van der Waals surface area contributed by atoms with E-state index in [4.69, 9.17) is 0 Å². The molecule has 1 amide bonds. The highest BCUT2D eigenvalue weighted by atomic mass is 19.4. The molecule has 0 aliphatic carbocycles. The molecule has 0 N–H and O–H groups in total. The molecule has 126 valence electrons. The van der Waals surface area contributed by atoms with Crippen LogP contribution in [0.15, 0.2) is 18.2 Å². The first-order chi connectivity index (χ1) is 10.5. The lowest BCUT2D eigenvalue weighted by molar-refractivity contribution is -0.385. The number of nitro groups is 1. The number of carbonyl (C=O) groups excluding carboxylic acids is 2. The molecule has 1 aromatic carbocycles. The van der Waals surface area contributed by atoms with E-state index in [9.17, 15) is 32.9 Å². The van der Waals surface area contributed by atoms with Crippen LogP contribution in [0.25, 0.3) is 0 Å². The van der Waals surface area contributed by atoms with Gasteiger partial charge in [0.15, 0.2) is 0 Å². The first kappa shape index (κ1) is 18.4. The number of alkyl halides is 3. The van der Waals surface area contributed by atoms with Crippen LogP contribution in [0.3, 0.4) is 0 Å². The first-order valence-corrected chi connectivity index (χ1v) is 6.21. The molecule has 0 aromatic heterocycles. The Labute approximate surface area is 128 Å². The van der Waals surface area contributed by atoms with E-state index in [0.29, 0.717) is 4.90 Å². The Morgan fingerprint density at radius 1 is 1.35 bits per heavy atom. The van der Waals surface area contributed by atoms with Gasteiger partial charge in [-0.05, 0) is 19.1 Å². The lowest BCUT2D eigenvalue weighted by Gasteiger charge is -2.26. The maximum Gasteiger partial charge on any atom is 0.471 e. The zero-order chi connectivity index (χ0) is 17.9. The van der Waals surface area contributed by atoms with Crippen molar-refractivity contribution in [1.29, 1.82) is 0 Å². The minimum absolute atomic E-state index is 0.125. The van der Waals surface area contributed by atoms with Gasteiger partial charge in [-0.25, -0.2) is 4.79 Å². The number of esters is 1. The number of nitro benzene ring substituents is 1. The number of halogens is 3. The van der Waals surface area contributed by atoms with E-state index in [1.807, 2.05) is 0 Å². The molecule has 0 aliphatic rings. The molecule has 0 radical (unpaired) electrons. The molecule has 0 fully saturated rings. The van der Waals surface area contributed by atoms with Crippen LogP contribution in [-0.2, 0) is 9.53 Å². The highest BCUT2D eigenvalue weighted by Crippen LogP contribution is 2.31. The van der Waals surface area contributed by atoms with E-state index in [2.05, 4.69) is 4.74 Å². The summed E-state index contributed by atoms with van der Waals surface area (Å²) in [5.74, 6) is -2.96. The average molecular weight is 334 g/mol. The van der Waals surface area contributed by atoms with Gasteiger partial charge in [-0.2, -0.15) is 13.2 Å². The van der Waals surface area contributed by atoms with Crippen LogP contribution in [0.2, 0.25) is 0 Å². The fourth-order valence-electron chi connectivity index (χ4n) is 1.88. The Balaban J connectivity index is 3.28. The summed E-state index contributed by atoms with van der Waals surface area (Å²) in [5.41, 5.74) is -0.843. The standard InChI is InChI=1S/C13H13F3N2O5/c1-7(17(2)12(20)13(14,15)16)9-5-4-8(11(19)23-3)6-10(9)18(21)22/h4-7H,1-3H3/t7-/m1/s1. The number of benzene rings is 1. The normalized spacial score (nSPS) is 12.4. The Morgan fingerprint density at radius 2 is 1.91 bits per heavy atom. The summed E-state index contributed by atoms with van der Waals surface area (Å²) in [6.07, 6.45) is -5.09. The van der Waals surface area contributed by atoms with Gasteiger partial charge in [0.05, 0.1) is 29.2 Å². The molecule has 10 heteroatoms. The van der Waals surface area contributed by atoms with Crippen LogP contribution in [-0.4, -0.2) is 42.0 Å². The molecule has 1 atom stereocenters. The SMILES string of the molecule is COC(=O)c1ccc([C@@H](C)N(C)C(=O)C(F)(F)F)c([N+](=O)[O-])c1. The van der Waals surface area contributed by atoms with Gasteiger partial charge in [-0.3, -0.25) is 14.9 Å². The second kappa shape index (κ2) is 6.63. The van der Waals surface area contributed by atoms with Gasteiger partial charge in [-0.15, -0.1) is 0 Å². The summed E-state index contributed by atoms with van der Waals surface area (Å²) in [6, 6.07) is 1.96. The van der Waals surface area contributed by atoms with Gasteiger partial charge < -0.3 is 9.64 Å². The van der Waals surface area contributed by atoms with Crippen LogP contribution in [0.4, 0.5) is 18.9 Å². The first-order valence-electron chi connectivity index (χ1n) is 6.21. The number of methoxy groups -OCH3 is 1. The Kier molecular flexibility index (Phi) is 5.30. The Hall–Kier alpha value is -2.65. The highest BCUT2D eigenvalue weighted by molar-refractivity contribution is 5.90. The van der Waals surface area contributed by atoms with Crippen LogP contribution in [0, 0.1) is 10.1 Å². The van der Waals surface area contributed by atoms with Crippen molar-refractivity contribution in [2.24, 2.45) is 0 Å². The van der Waals surface area contributed by atoms with Crippen molar-refractivity contribution in [3.8, 4) is 0 Å². The topological polar surface area (TPSA) is 89.8 Å². The van der Waals surface area contributed by atoms with Crippen molar-refractivity contribution < 1.29 is 32.4 Å². The molecule has 7 nitrogen and oxygen atoms in total. The smallest absolute Gasteiger partial charge is 0.465 e. The van der Waals surface area contributed by atoms with Gasteiger partial charge in [0.1, 0.15) is 0 Å². The zero-order valence-electron chi connectivity index (χ0n) is 12.4.